The fraction of sp³-hybridized carbons (Fsp3) is 0.600. The fourth-order valence-corrected chi connectivity index (χ4v) is 2.55. The minimum Gasteiger partial charge on any atom is -0.391 e. The average Bonchev–Trinajstić information content (AvgIpc) is 2.33. The van der Waals surface area contributed by atoms with E-state index in [1.165, 1.54) is 6.07 Å². The molecule has 1 atom stereocenters. The molecule has 1 N–H and O–H groups in total. The quantitative estimate of drug-likeness (QED) is 0.865. The van der Waals surface area contributed by atoms with Crippen molar-refractivity contribution in [3.63, 3.8) is 0 Å². The number of likely N-dealkylation sites (N-methyl/N-ethyl adjacent to an activating group) is 1. The predicted octanol–water partition coefficient (Wildman–Crippen LogP) is 3.50. The molecule has 0 spiro atoms. The van der Waals surface area contributed by atoms with Gasteiger partial charge in [-0.05, 0) is 44.6 Å². The van der Waals surface area contributed by atoms with Crippen LogP contribution in [0.4, 0.5) is 4.39 Å². The molecule has 19 heavy (non-hydrogen) atoms. The summed E-state index contributed by atoms with van der Waals surface area (Å²) in [5.41, 5.74) is 0.104. The van der Waals surface area contributed by atoms with Gasteiger partial charge in [-0.2, -0.15) is 0 Å². The lowest BCUT2D eigenvalue weighted by Crippen LogP contribution is -2.53. The van der Waals surface area contributed by atoms with E-state index in [0.717, 1.165) is 13.1 Å². The Morgan fingerprint density at radius 1 is 1.32 bits per heavy atom. The van der Waals surface area contributed by atoms with Gasteiger partial charge in [0.1, 0.15) is 5.82 Å². The van der Waals surface area contributed by atoms with Crippen LogP contribution in [0.3, 0.4) is 0 Å². The summed E-state index contributed by atoms with van der Waals surface area (Å²) in [4.78, 5) is 2.17. The molecule has 0 amide bonds. The highest BCUT2D eigenvalue weighted by molar-refractivity contribution is 6.30. The molecule has 0 aromatic heterocycles. The first-order valence-electron chi connectivity index (χ1n) is 6.69. The van der Waals surface area contributed by atoms with Gasteiger partial charge in [0.05, 0.1) is 6.10 Å². The van der Waals surface area contributed by atoms with Crippen LogP contribution in [0, 0.1) is 5.82 Å². The summed E-state index contributed by atoms with van der Waals surface area (Å²) in [7, 11) is 0. The number of halogens is 2. The van der Waals surface area contributed by atoms with Crippen LogP contribution in [0.5, 0.6) is 0 Å². The van der Waals surface area contributed by atoms with Gasteiger partial charge in [0.2, 0.25) is 0 Å². The molecular formula is C15H23ClFNO. The number of nitrogens with zero attached hydrogens (tertiary/aromatic N) is 1. The Hall–Kier alpha value is -0.640. The summed E-state index contributed by atoms with van der Waals surface area (Å²) >= 11 is 5.73. The summed E-state index contributed by atoms with van der Waals surface area (Å²) in [6, 6.07) is 4.57. The molecule has 0 heterocycles. The number of benzene rings is 1. The van der Waals surface area contributed by atoms with Crippen molar-refractivity contribution < 1.29 is 9.50 Å². The summed E-state index contributed by atoms with van der Waals surface area (Å²) < 4.78 is 13.8. The van der Waals surface area contributed by atoms with E-state index in [2.05, 4.69) is 18.7 Å². The summed E-state index contributed by atoms with van der Waals surface area (Å²) in [5.74, 6) is -0.359. The summed E-state index contributed by atoms with van der Waals surface area (Å²) in [6.07, 6.45) is -0.352. The number of hydrogen-bond acceptors (Lipinski definition) is 2. The smallest absolute Gasteiger partial charge is 0.127 e. The Morgan fingerprint density at radius 3 is 2.37 bits per heavy atom. The van der Waals surface area contributed by atoms with Crippen LogP contribution in [-0.2, 0) is 6.42 Å². The van der Waals surface area contributed by atoms with Gasteiger partial charge in [-0.25, -0.2) is 4.39 Å². The third-order valence-corrected chi connectivity index (χ3v) is 4.06. The van der Waals surface area contributed by atoms with E-state index in [0.29, 0.717) is 10.6 Å². The van der Waals surface area contributed by atoms with Crippen LogP contribution in [0.25, 0.3) is 0 Å². The molecule has 4 heteroatoms. The fourth-order valence-electron chi connectivity index (χ4n) is 2.39. The van der Waals surface area contributed by atoms with E-state index in [9.17, 15) is 9.50 Å². The van der Waals surface area contributed by atoms with E-state index in [-0.39, 0.29) is 12.2 Å². The lowest BCUT2D eigenvalue weighted by molar-refractivity contribution is -0.00454. The van der Waals surface area contributed by atoms with Gasteiger partial charge in [0.25, 0.3) is 0 Å². The third kappa shape index (κ3) is 3.91. The van der Waals surface area contributed by atoms with Crippen molar-refractivity contribution in [1.29, 1.82) is 0 Å². The van der Waals surface area contributed by atoms with Gasteiger partial charge in [-0.3, -0.25) is 4.90 Å². The number of hydrogen-bond donors (Lipinski definition) is 1. The summed E-state index contributed by atoms with van der Waals surface area (Å²) in [6.45, 7) is 9.78. The topological polar surface area (TPSA) is 23.5 Å². The standard InChI is InChI=1S/C15H23ClFNO/c1-5-18(6-2)15(3,4)14(19)9-11-7-8-12(16)10-13(11)17/h7-8,10,14,19H,5-6,9H2,1-4H3. The molecule has 0 bridgehead atoms. The molecule has 0 saturated carbocycles. The van der Waals surface area contributed by atoms with E-state index in [1.54, 1.807) is 12.1 Å². The Labute approximate surface area is 120 Å². The lowest BCUT2D eigenvalue weighted by atomic mass is 9.89. The molecule has 1 unspecified atom stereocenters. The highest BCUT2D eigenvalue weighted by Crippen LogP contribution is 2.24. The zero-order chi connectivity index (χ0) is 14.6. The van der Waals surface area contributed by atoms with E-state index in [1.807, 2.05) is 13.8 Å². The van der Waals surface area contributed by atoms with Crippen LogP contribution in [0.2, 0.25) is 5.02 Å². The SMILES string of the molecule is CCN(CC)C(C)(C)C(O)Cc1ccc(Cl)cc1F. The average molecular weight is 288 g/mol. The van der Waals surface area contributed by atoms with Crippen LogP contribution < -0.4 is 0 Å². The molecule has 1 aromatic carbocycles. The first-order valence-corrected chi connectivity index (χ1v) is 7.07. The van der Waals surface area contributed by atoms with E-state index in [4.69, 9.17) is 11.6 Å². The predicted molar refractivity (Wildman–Crippen MR) is 78.1 cm³/mol. The van der Waals surface area contributed by atoms with Gasteiger partial charge < -0.3 is 5.11 Å². The second-order valence-corrected chi connectivity index (χ2v) is 5.72. The van der Waals surface area contributed by atoms with Gasteiger partial charge >= 0.3 is 0 Å². The molecule has 1 aromatic rings. The van der Waals surface area contributed by atoms with Gasteiger partial charge in [0.15, 0.2) is 0 Å². The molecule has 0 aliphatic heterocycles. The Kier molecular flexibility index (Phi) is 5.78. The maximum atomic E-state index is 13.8. The monoisotopic (exact) mass is 287 g/mol. The molecule has 1 rings (SSSR count). The molecular weight excluding hydrogens is 265 g/mol. The van der Waals surface area contributed by atoms with Crippen molar-refractivity contribution in [3.05, 3.63) is 34.6 Å². The first kappa shape index (κ1) is 16.4. The van der Waals surface area contributed by atoms with Crippen molar-refractivity contribution in [2.24, 2.45) is 0 Å². The molecule has 0 radical (unpaired) electrons. The number of aliphatic hydroxyl groups excluding tert-OH is 1. The first-order chi connectivity index (χ1) is 8.82. The van der Waals surface area contributed by atoms with E-state index < -0.39 is 11.6 Å². The zero-order valence-corrected chi connectivity index (χ0v) is 12.8. The Morgan fingerprint density at radius 2 is 1.89 bits per heavy atom. The third-order valence-electron chi connectivity index (χ3n) is 3.82. The van der Waals surface area contributed by atoms with Crippen molar-refractivity contribution in [1.82, 2.24) is 4.90 Å². The Bertz CT molecular complexity index is 419. The largest absolute Gasteiger partial charge is 0.391 e. The molecule has 0 fully saturated rings. The van der Waals surface area contributed by atoms with Gasteiger partial charge in [0, 0.05) is 17.0 Å². The van der Waals surface area contributed by atoms with Crippen LogP contribution in [-0.4, -0.2) is 34.7 Å². The zero-order valence-electron chi connectivity index (χ0n) is 12.1. The maximum Gasteiger partial charge on any atom is 0.127 e. The second-order valence-electron chi connectivity index (χ2n) is 5.28. The molecule has 108 valence electrons. The molecule has 0 saturated heterocycles. The van der Waals surface area contributed by atoms with Gasteiger partial charge in [-0.15, -0.1) is 0 Å². The van der Waals surface area contributed by atoms with Crippen molar-refractivity contribution in [3.8, 4) is 0 Å². The Balaban J connectivity index is 2.86. The lowest BCUT2D eigenvalue weighted by Gasteiger charge is -2.41. The second kappa shape index (κ2) is 6.69. The molecule has 2 nitrogen and oxygen atoms in total. The minimum atomic E-state index is -0.636. The molecule has 0 aliphatic carbocycles. The highest BCUT2D eigenvalue weighted by Gasteiger charge is 2.33. The van der Waals surface area contributed by atoms with Crippen molar-refractivity contribution >= 4 is 11.6 Å². The minimum absolute atomic E-state index is 0.284. The highest BCUT2D eigenvalue weighted by atomic mass is 35.5. The van der Waals surface area contributed by atoms with Crippen molar-refractivity contribution in [2.45, 2.75) is 45.8 Å². The summed E-state index contributed by atoms with van der Waals surface area (Å²) in [5, 5.41) is 10.8. The van der Waals surface area contributed by atoms with E-state index >= 15 is 0 Å². The van der Waals surface area contributed by atoms with Crippen LogP contribution in [0.15, 0.2) is 18.2 Å². The van der Waals surface area contributed by atoms with Gasteiger partial charge in [-0.1, -0.05) is 31.5 Å². The van der Waals surface area contributed by atoms with Crippen LogP contribution >= 0.6 is 11.6 Å². The maximum absolute atomic E-state index is 13.8. The number of aliphatic hydroxyl groups is 1. The van der Waals surface area contributed by atoms with Crippen LogP contribution in [0.1, 0.15) is 33.3 Å². The molecule has 0 aliphatic rings. The van der Waals surface area contributed by atoms with Crippen molar-refractivity contribution in [2.75, 3.05) is 13.1 Å². The number of rotatable bonds is 6. The normalized spacial score (nSPS) is 13.9.